The Balaban J connectivity index is 2.21. The molecule has 2 heterocycles. The Kier molecular flexibility index (Phi) is 9.80. The van der Waals surface area contributed by atoms with Crippen molar-refractivity contribution in [1.82, 2.24) is 4.98 Å². The standard InChI is InChI=1S/C25H37NO5S/c1-16-10-8-6-7-9-11-20(13-12-19-15-32-18(3)26-19)31-22(28)14-21(27)25(4,5)24(30)17(2)23(16)29/h7,9,12-13,15-17,20-21,23,27,29H,6,8,10-11,14H2,1-5H3/b9-7?,13-12+/t16-,17+,20-,21-,23-/m0/s1. The maximum atomic E-state index is 13.1. The van der Waals surface area contributed by atoms with E-state index in [4.69, 9.17) is 4.74 Å². The molecule has 32 heavy (non-hydrogen) atoms. The number of aliphatic hydroxyl groups excluding tert-OH is 2. The second-order valence-electron chi connectivity index (χ2n) is 9.38. The number of thiazole rings is 1. The van der Waals surface area contributed by atoms with Gasteiger partial charge in [0, 0.05) is 17.7 Å². The number of carbonyl (C=O) groups excluding carboxylic acids is 2. The van der Waals surface area contributed by atoms with Crippen molar-refractivity contribution in [3.63, 3.8) is 0 Å². The van der Waals surface area contributed by atoms with Crippen LogP contribution in [-0.4, -0.2) is 45.3 Å². The van der Waals surface area contributed by atoms with Gasteiger partial charge in [-0.25, -0.2) is 4.98 Å². The maximum absolute atomic E-state index is 13.1. The minimum atomic E-state index is -1.21. The summed E-state index contributed by atoms with van der Waals surface area (Å²) < 4.78 is 5.62. The quantitative estimate of drug-likeness (QED) is 0.496. The molecule has 0 aromatic carbocycles. The first-order valence-electron chi connectivity index (χ1n) is 11.4. The second-order valence-corrected chi connectivity index (χ2v) is 10.4. The monoisotopic (exact) mass is 463 g/mol. The molecule has 1 aliphatic rings. The van der Waals surface area contributed by atoms with Gasteiger partial charge in [-0.3, -0.25) is 9.59 Å². The fourth-order valence-electron chi connectivity index (χ4n) is 3.93. The molecule has 0 amide bonds. The van der Waals surface area contributed by atoms with Crippen molar-refractivity contribution in [2.24, 2.45) is 17.3 Å². The zero-order valence-corrected chi connectivity index (χ0v) is 20.6. The molecule has 0 aliphatic carbocycles. The first-order chi connectivity index (χ1) is 15.0. The molecule has 0 fully saturated rings. The third-order valence-corrected chi connectivity index (χ3v) is 7.10. The molecular formula is C25H37NO5S. The van der Waals surface area contributed by atoms with E-state index < -0.39 is 35.6 Å². The Bertz CT molecular complexity index is 828. The van der Waals surface area contributed by atoms with Gasteiger partial charge in [0.25, 0.3) is 0 Å². The van der Waals surface area contributed by atoms with E-state index in [1.54, 1.807) is 32.1 Å². The summed E-state index contributed by atoms with van der Waals surface area (Å²) in [6.07, 6.45) is 7.97. The molecule has 1 aromatic heterocycles. The fraction of sp³-hybridized carbons (Fsp3) is 0.640. The van der Waals surface area contributed by atoms with Gasteiger partial charge in [0.05, 0.1) is 34.7 Å². The number of hydrogen-bond acceptors (Lipinski definition) is 7. The summed E-state index contributed by atoms with van der Waals surface area (Å²) in [7, 11) is 0. The van der Waals surface area contributed by atoms with E-state index in [1.807, 2.05) is 37.5 Å². The van der Waals surface area contributed by atoms with Crippen LogP contribution in [0.15, 0.2) is 23.6 Å². The van der Waals surface area contributed by atoms with Crippen LogP contribution in [0.4, 0.5) is 0 Å². The number of hydrogen-bond donors (Lipinski definition) is 2. The Morgan fingerprint density at radius 2 is 1.94 bits per heavy atom. The van der Waals surface area contributed by atoms with Gasteiger partial charge < -0.3 is 14.9 Å². The summed E-state index contributed by atoms with van der Waals surface area (Å²) in [5.74, 6) is -1.49. The number of aromatic nitrogens is 1. The van der Waals surface area contributed by atoms with E-state index in [2.05, 4.69) is 11.1 Å². The van der Waals surface area contributed by atoms with Gasteiger partial charge in [-0.15, -0.1) is 11.3 Å². The molecule has 2 rings (SSSR count). The third kappa shape index (κ3) is 7.36. The van der Waals surface area contributed by atoms with Gasteiger partial charge in [-0.2, -0.15) is 0 Å². The minimum Gasteiger partial charge on any atom is -0.458 e. The summed E-state index contributed by atoms with van der Waals surface area (Å²) >= 11 is 1.55. The second kappa shape index (κ2) is 11.9. The van der Waals surface area contributed by atoms with Gasteiger partial charge in [-0.1, -0.05) is 39.8 Å². The fourth-order valence-corrected chi connectivity index (χ4v) is 4.51. The molecule has 1 aliphatic heterocycles. The number of ketones is 1. The number of esters is 1. The van der Waals surface area contributed by atoms with Crippen LogP contribution in [0.2, 0.25) is 0 Å². The van der Waals surface area contributed by atoms with E-state index in [0.29, 0.717) is 6.42 Å². The first-order valence-corrected chi connectivity index (χ1v) is 12.3. The molecule has 7 heteroatoms. The first kappa shape index (κ1) is 26.4. The molecule has 0 unspecified atom stereocenters. The highest BCUT2D eigenvalue weighted by Crippen LogP contribution is 2.32. The molecule has 5 atom stereocenters. The molecule has 2 N–H and O–H groups in total. The Hall–Kier alpha value is -1.83. The Labute approximate surface area is 195 Å². The number of allylic oxidation sites excluding steroid dienone is 1. The van der Waals surface area contributed by atoms with Crippen molar-refractivity contribution in [3.05, 3.63) is 34.3 Å². The zero-order chi connectivity index (χ0) is 23.9. The lowest BCUT2D eigenvalue weighted by Gasteiger charge is -2.34. The normalized spacial score (nSPS) is 31.0. The number of cyclic esters (lactones) is 1. The van der Waals surface area contributed by atoms with Crippen molar-refractivity contribution in [2.75, 3.05) is 0 Å². The molecule has 0 radical (unpaired) electrons. The largest absolute Gasteiger partial charge is 0.458 e. The van der Waals surface area contributed by atoms with Crippen molar-refractivity contribution >= 4 is 29.2 Å². The van der Waals surface area contributed by atoms with Crippen LogP contribution in [0.1, 0.15) is 70.5 Å². The third-order valence-electron chi connectivity index (χ3n) is 6.30. The van der Waals surface area contributed by atoms with Crippen molar-refractivity contribution in [2.45, 2.75) is 85.0 Å². The SMILES string of the molecule is Cc1nc(/C=C/[C@@H]2CC=CCCC[C@H](C)[C@H](O)[C@@H](C)C(=O)C(C)(C)[C@@H](O)CC(=O)O2)cs1. The van der Waals surface area contributed by atoms with Crippen LogP contribution in [-0.2, 0) is 14.3 Å². The summed E-state index contributed by atoms with van der Waals surface area (Å²) in [6.45, 7) is 8.82. The minimum absolute atomic E-state index is 0.0367. The molecule has 6 nitrogen and oxygen atoms in total. The number of Topliss-reactive ketones (excluding diaryl/α,β-unsaturated/α-hetero) is 1. The summed E-state index contributed by atoms with van der Waals surface area (Å²) in [4.78, 5) is 30.0. The van der Waals surface area contributed by atoms with Gasteiger partial charge >= 0.3 is 5.97 Å². The van der Waals surface area contributed by atoms with Gasteiger partial charge in [0.2, 0.25) is 0 Å². The van der Waals surface area contributed by atoms with Crippen molar-refractivity contribution in [1.29, 1.82) is 0 Å². The highest BCUT2D eigenvalue weighted by molar-refractivity contribution is 7.09. The molecule has 178 valence electrons. The van der Waals surface area contributed by atoms with Crippen LogP contribution in [0.3, 0.4) is 0 Å². The smallest absolute Gasteiger partial charge is 0.309 e. The van der Waals surface area contributed by atoms with E-state index in [9.17, 15) is 19.8 Å². The van der Waals surface area contributed by atoms with Gasteiger partial charge in [0.1, 0.15) is 11.9 Å². The van der Waals surface area contributed by atoms with Crippen LogP contribution >= 0.6 is 11.3 Å². The summed E-state index contributed by atoms with van der Waals surface area (Å²) in [5, 5.41) is 24.3. The lowest BCUT2D eigenvalue weighted by Crippen LogP contribution is -2.45. The van der Waals surface area contributed by atoms with E-state index >= 15 is 0 Å². The molecule has 0 saturated carbocycles. The summed E-state index contributed by atoms with van der Waals surface area (Å²) in [6, 6.07) is 0. The molecule has 1 aromatic rings. The zero-order valence-electron chi connectivity index (χ0n) is 19.8. The molecule has 0 spiro atoms. The van der Waals surface area contributed by atoms with Crippen LogP contribution in [0, 0.1) is 24.2 Å². The van der Waals surface area contributed by atoms with Crippen LogP contribution < -0.4 is 0 Å². The van der Waals surface area contributed by atoms with E-state index in [1.165, 1.54) is 0 Å². The van der Waals surface area contributed by atoms with Gasteiger partial charge in [-0.05, 0) is 44.3 Å². The van der Waals surface area contributed by atoms with Crippen molar-refractivity contribution in [3.8, 4) is 0 Å². The lowest BCUT2D eigenvalue weighted by atomic mass is 9.73. The number of aryl methyl sites for hydroxylation is 1. The number of ether oxygens (including phenoxy) is 1. The topological polar surface area (TPSA) is 96.7 Å². The van der Waals surface area contributed by atoms with E-state index in [-0.39, 0.29) is 18.1 Å². The maximum Gasteiger partial charge on any atom is 0.309 e. The molecule has 0 saturated heterocycles. The number of carbonyl (C=O) groups is 2. The average Bonchev–Trinajstić information content (AvgIpc) is 3.16. The predicted molar refractivity (Wildman–Crippen MR) is 127 cm³/mol. The number of aliphatic hydroxyl groups is 2. The van der Waals surface area contributed by atoms with E-state index in [0.717, 1.165) is 30.0 Å². The van der Waals surface area contributed by atoms with Crippen molar-refractivity contribution < 1.29 is 24.5 Å². The van der Waals surface area contributed by atoms with Gasteiger partial charge in [0.15, 0.2) is 0 Å². The van der Waals surface area contributed by atoms with Crippen LogP contribution in [0.5, 0.6) is 0 Å². The Morgan fingerprint density at radius 3 is 2.59 bits per heavy atom. The number of nitrogens with zero attached hydrogens (tertiary/aromatic N) is 1. The molecular weight excluding hydrogens is 426 g/mol. The molecule has 0 bridgehead atoms. The lowest BCUT2D eigenvalue weighted by molar-refractivity contribution is -0.153. The average molecular weight is 464 g/mol. The predicted octanol–water partition coefficient (Wildman–Crippen LogP) is 4.49. The number of rotatable bonds is 2. The van der Waals surface area contributed by atoms with Crippen LogP contribution in [0.25, 0.3) is 6.08 Å². The Morgan fingerprint density at radius 1 is 1.22 bits per heavy atom. The highest BCUT2D eigenvalue weighted by atomic mass is 32.1. The summed E-state index contributed by atoms with van der Waals surface area (Å²) in [5.41, 5.74) is -0.368. The highest BCUT2D eigenvalue weighted by Gasteiger charge is 2.42.